The molecule has 0 radical (unpaired) electrons. The van der Waals surface area contributed by atoms with Crippen molar-refractivity contribution in [2.45, 2.75) is 18.3 Å². The summed E-state index contributed by atoms with van der Waals surface area (Å²) in [6, 6.07) is 3.93. The molecule has 4 heteroatoms. The van der Waals surface area contributed by atoms with E-state index in [1.165, 1.54) is 7.11 Å². The highest BCUT2D eigenvalue weighted by molar-refractivity contribution is 5.82. The molecule has 1 aromatic heterocycles. The van der Waals surface area contributed by atoms with Crippen LogP contribution in [0.1, 0.15) is 18.4 Å². The van der Waals surface area contributed by atoms with Crippen molar-refractivity contribution in [2.24, 2.45) is 5.41 Å². The second-order valence-electron chi connectivity index (χ2n) is 4.89. The fraction of sp³-hybridized carbons (Fsp3) is 0.538. The van der Waals surface area contributed by atoms with Crippen LogP contribution in [0.2, 0.25) is 0 Å². The molecule has 0 amide bonds. The molecule has 1 aliphatic heterocycles. The maximum absolute atomic E-state index is 12.0. The third-order valence-electron chi connectivity index (χ3n) is 4.15. The Balaban J connectivity index is 2.01. The van der Waals surface area contributed by atoms with Crippen LogP contribution in [-0.2, 0) is 19.7 Å². The quantitative estimate of drug-likeness (QED) is 0.738. The van der Waals surface area contributed by atoms with E-state index >= 15 is 0 Å². The summed E-state index contributed by atoms with van der Waals surface area (Å²) in [5.74, 6) is -0.107. The van der Waals surface area contributed by atoms with Gasteiger partial charge in [-0.15, -0.1) is 0 Å². The minimum atomic E-state index is -0.372. The largest absolute Gasteiger partial charge is 0.469 e. The van der Waals surface area contributed by atoms with Gasteiger partial charge in [0.05, 0.1) is 31.2 Å². The van der Waals surface area contributed by atoms with Crippen LogP contribution < -0.4 is 0 Å². The summed E-state index contributed by atoms with van der Waals surface area (Å²) in [7, 11) is 1.46. The van der Waals surface area contributed by atoms with Crippen LogP contribution in [0.5, 0.6) is 0 Å². The molecule has 2 aliphatic rings. The molecule has 0 spiro atoms. The Hall–Kier alpha value is -1.42. The third-order valence-corrected chi connectivity index (χ3v) is 4.15. The van der Waals surface area contributed by atoms with Gasteiger partial charge in [0.15, 0.2) is 0 Å². The number of rotatable bonds is 3. The van der Waals surface area contributed by atoms with Crippen LogP contribution in [0.15, 0.2) is 24.5 Å². The molecule has 0 aromatic carbocycles. The van der Waals surface area contributed by atoms with E-state index in [1.807, 2.05) is 18.3 Å². The van der Waals surface area contributed by atoms with E-state index in [-0.39, 0.29) is 16.8 Å². The number of esters is 1. The number of carbonyl (C=O) groups excluding carboxylic acids is 1. The molecule has 0 N–H and O–H groups in total. The normalized spacial score (nSPS) is 23.6. The SMILES string of the molecule is COC(=O)C1(C2(c3cccnc3)COC2)CC1. The van der Waals surface area contributed by atoms with E-state index in [1.54, 1.807) is 6.20 Å². The van der Waals surface area contributed by atoms with Gasteiger partial charge in [-0.25, -0.2) is 0 Å². The monoisotopic (exact) mass is 233 g/mol. The van der Waals surface area contributed by atoms with Crippen molar-refractivity contribution in [3.05, 3.63) is 30.1 Å². The van der Waals surface area contributed by atoms with E-state index in [0.29, 0.717) is 13.2 Å². The van der Waals surface area contributed by atoms with Crippen molar-refractivity contribution in [1.29, 1.82) is 0 Å². The highest BCUT2D eigenvalue weighted by Gasteiger charge is 2.68. The number of hydrogen-bond donors (Lipinski definition) is 0. The predicted octanol–water partition coefficient (Wildman–Crippen LogP) is 1.30. The summed E-state index contributed by atoms with van der Waals surface area (Å²) in [4.78, 5) is 16.2. The Bertz CT molecular complexity index is 435. The Labute approximate surface area is 99.9 Å². The van der Waals surface area contributed by atoms with Crippen LogP contribution in [0, 0.1) is 5.41 Å². The first kappa shape index (κ1) is 10.7. The van der Waals surface area contributed by atoms with Gasteiger partial charge in [0.25, 0.3) is 0 Å². The minimum Gasteiger partial charge on any atom is -0.469 e. The molecule has 2 heterocycles. The standard InChI is InChI=1S/C13H15NO3/c1-16-11(15)12(4-5-12)13(8-17-9-13)10-3-2-6-14-7-10/h2-3,6-7H,4-5,8-9H2,1H3. The van der Waals surface area contributed by atoms with E-state index in [9.17, 15) is 4.79 Å². The van der Waals surface area contributed by atoms with E-state index in [2.05, 4.69) is 4.98 Å². The van der Waals surface area contributed by atoms with Gasteiger partial charge >= 0.3 is 5.97 Å². The van der Waals surface area contributed by atoms with Crippen LogP contribution in [0.25, 0.3) is 0 Å². The molecular weight excluding hydrogens is 218 g/mol. The molecule has 1 saturated heterocycles. The van der Waals surface area contributed by atoms with Crippen LogP contribution in [0.3, 0.4) is 0 Å². The average Bonchev–Trinajstić information content (AvgIpc) is 3.10. The van der Waals surface area contributed by atoms with Crippen LogP contribution in [0.4, 0.5) is 0 Å². The van der Waals surface area contributed by atoms with Gasteiger partial charge in [0, 0.05) is 12.4 Å². The molecule has 1 saturated carbocycles. The number of pyridine rings is 1. The second kappa shape index (κ2) is 3.53. The first-order valence-electron chi connectivity index (χ1n) is 5.82. The maximum atomic E-state index is 12.0. The lowest BCUT2D eigenvalue weighted by Gasteiger charge is -2.46. The molecule has 90 valence electrons. The number of ether oxygens (including phenoxy) is 2. The molecule has 3 rings (SSSR count). The van der Waals surface area contributed by atoms with Gasteiger partial charge in [-0.2, -0.15) is 0 Å². The summed E-state index contributed by atoms with van der Waals surface area (Å²) < 4.78 is 10.3. The minimum absolute atomic E-state index is 0.107. The second-order valence-corrected chi connectivity index (χ2v) is 4.89. The summed E-state index contributed by atoms with van der Waals surface area (Å²) in [5.41, 5.74) is 0.506. The van der Waals surface area contributed by atoms with Gasteiger partial charge in [-0.05, 0) is 24.5 Å². The maximum Gasteiger partial charge on any atom is 0.312 e. The lowest BCUT2D eigenvalue weighted by atomic mass is 9.66. The van der Waals surface area contributed by atoms with Crippen molar-refractivity contribution in [1.82, 2.24) is 4.98 Å². The van der Waals surface area contributed by atoms with Crippen LogP contribution in [-0.4, -0.2) is 31.3 Å². The van der Waals surface area contributed by atoms with Gasteiger partial charge in [-0.3, -0.25) is 9.78 Å². The lowest BCUT2D eigenvalue weighted by molar-refractivity contribution is -0.164. The Morgan fingerprint density at radius 1 is 1.47 bits per heavy atom. The van der Waals surface area contributed by atoms with Crippen LogP contribution >= 0.6 is 0 Å². The fourth-order valence-electron chi connectivity index (χ4n) is 2.87. The zero-order valence-corrected chi connectivity index (χ0v) is 9.81. The third kappa shape index (κ3) is 1.27. The highest BCUT2D eigenvalue weighted by Crippen LogP contribution is 2.62. The lowest BCUT2D eigenvalue weighted by Crippen LogP contribution is -2.56. The Morgan fingerprint density at radius 2 is 2.24 bits per heavy atom. The first-order chi connectivity index (χ1) is 8.25. The van der Waals surface area contributed by atoms with Crippen molar-refractivity contribution < 1.29 is 14.3 Å². The Kier molecular flexibility index (Phi) is 2.23. The van der Waals surface area contributed by atoms with Gasteiger partial charge < -0.3 is 9.47 Å². The van der Waals surface area contributed by atoms with Gasteiger partial charge in [0.2, 0.25) is 0 Å². The van der Waals surface area contributed by atoms with E-state index < -0.39 is 0 Å². The zero-order chi connectivity index (χ0) is 11.9. The van der Waals surface area contributed by atoms with Crippen molar-refractivity contribution in [3.8, 4) is 0 Å². The summed E-state index contributed by atoms with van der Waals surface area (Å²) in [6.07, 6.45) is 5.36. The number of methoxy groups -OCH3 is 1. The first-order valence-corrected chi connectivity index (χ1v) is 5.82. The predicted molar refractivity (Wildman–Crippen MR) is 60.4 cm³/mol. The number of aromatic nitrogens is 1. The van der Waals surface area contributed by atoms with Gasteiger partial charge in [-0.1, -0.05) is 6.07 Å². The Morgan fingerprint density at radius 3 is 2.65 bits per heavy atom. The summed E-state index contributed by atoms with van der Waals surface area (Å²) in [5, 5.41) is 0. The average molecular weight is 233 g/mol. The number of carbonyl (C=O) groups is 1. The van der Waals surface area contributed by atoms with E-state index in [0.717, 1.165) is 18.4 Å². The molecule has 1 aliphatic carbocycles. The van der Waals surface area contributed by atoms with Gasteiger partial charge in [0.1, 0.15) is 0 Å². The van der Waals surface area contributed by atoms with Crippen molar-refractivity contribution in [2.75, 3.05) is 20.3 Å². The zero-order valence-electron chi connectivity index (χ0n) is 9.81. The van der Waals surface area contributed by atoms with E-state index in [4.69, 9.17) is 9.47 Å². The van der Waals surface area contributed by atoms with Crippen molar-refractivity contribution >= 4 is 5.97 Å². The molecule has 0 unspecified atom stereocenters. The summed E-state index contributed by atoms with van der Waals surface area (Å²) in [6.45, 7) is 1.18. The fourth-order valence-corrected chi connectivity index (χ4v) is 2.87. The molecule has 17 heavy (non-hydrogen) atoms. The molecule has 1 aromatic rings. The smallest absolute Gasteiger partial charge is 0.312 e. The number of hydrogen-bond acceptors (Lipinski definition) is 4. The summed E-state index contributed by atoms with van der Waals surface area (Å²) >= 11 is 0. The molecular formula is C13H15NO3. The topological polar surface area (TPSA) is 48.4 Å². The van der Waals surface area contributed by atoms with Crippen molar-refractivity contribution in [3.63, 3.8) is 0 Å². The molecule has 2 fully saturated rings. The molecule has 4 nitrogen and oxygen atoms in total. The number of nitrogens with zero attached hydrogens (tertiary/aromatic N) is 1. The molecule has 0 atom stereocenters. The molecule has 0 bridgehead atoms. The highest BCUT2D eigenvalue weighted by atomic mass is 16.5.